The highest BCUT2D eigenvalue weighted by Crippen LogP contribution is 2.46. The molecule has 0 atom stereocenters. The molecule has 0 aliphatic heterocycles. The molecule has 0 unspecified atom stereocenters. The van der Waals surface area contributed by atoms with Crippen LogP contribution in [-0.4, -0.2) is 0 Å². The third kappa shape index (κ3) is 5.58. The molecule has 244 valence electrons. The van der Waals surface area contributed by atoms with E-state index in [0.29, 0.717) is 0 Å². The summed E-state index contributed by atoms with van der Waals surface area (Å²) in [6, 6.07) is 61.1. The molecule has 7 aromatic carbocycles. The van der Waals surface area contributed by atoms with Crippen LogP contribution in [0.1, 0.15) is 56.1 Å². The highest BCUT2D eigenvalue weighted by atomic mass is 32.1. The van der Waals surface area contributed by atoms with E-state index in [4.69, 9.17) is 0 Å². The number of nitrogens with zero attached hydrogens (tertiary/aromatic N) is 1. The molecule has 0 saturated heterocycles. The summed E-state index contributed by atoms with van der Waals surface area (Å²) in [4.78, 5) is 2.46. The SMILES string of the molecule is c1ccc(-c2cccc3sc4ccc(N(c5ccc(C6(c7ccccc7)CCCCCCC6)cc5)c5ccc6ccccc6c5)cc4c23)cc1. The maximum atomic E-state index is 2.46. The van der Waals surface area contributed by atoms with Crippen molar-refractivity contribution in [1.29, 1.82) is 0 Å². The van der Waals surface area contributed by atoms with Crippen LogP contribution in [0.2, 0.25) is 0 Å². The van der Waals surface area contributed by atoms with Gasteiger partial charge in [-0.05, 0) is 94.4 Å². The number of hydrogen-bond acceptors (Lipinski definition) is 2. The van der Waals surface area contributed by atoms with Gasteiger partial charge in [0.05, 0.1) is 0 Å². The van der Waals surface area contributed by atoms with Gasteiger partial charge in [0.25, 0.3) is 0 Å². The van der Waals surface area contributed by atoms with Crippen molar-refractivity contribution in [3.8, 4) is 11.1 Å². The van der Waals surface area contributed by atoms with Crippen LogP contribution in [0, 0.1) is 0 Å². The molecule has 2 heteroatoms. The van der Waals surface area contributed by atoms with Gasteiger partial charge < -0.3 is 4.90 Å². The Labute approximate surface area is 299 Å². The monoisotopic (exact) mass is 663 g/mol. The number of rotatable bonds is 6. The second kappa shape index (κ2) is 13.3. The minimum absolute atomic E-state index is 0.0519. The van der Waals surface area contributed by atoms with Crippen molar-refractivity contribution in [2.45, 2.75) is 50.4 Å². The molecule has 50 heavy (non-hydrogen) atoms. The fourth-order valence-electron chi connectivity index (χ4n) is 8.51. The highest BCUT2D eigenvalue weighted by Gasteiger charge is 2.34. The molecule has 1 fully saturated rings. The second-order valence-corrected chi connectivity index (χ2v) is 15.0. The van der Waals surface area contributed by atoms with Crippen LogP contribution in [-0.2, 0) is 5.41 Å². The summed E-state index contributed by atoms with van der Waals surface area (Å²) in [7, 11) is 0. The van der Waals surface area contributed by atoms with Crippen LogP contribution in [0.15, 0.2) is 164 Å². The topological polar surface area (TPSA) is 3.24 Å². The zero-order chi connectivity index (χ0) is 33.3. The van der Waals surface area contributed by atoms with Crippen LogP contribution in [0.4, 0.5) is 17.1 Å². The van der Waals surface area contributed by atoms with Crippen LogP contribution in [0.3, 0.4) is 0 Å². The standard InChI is InChI=1S/C48H41NS/c1-2-12-31-48(32-13-3-1,38-19-8-5-9-20-38)39-24-27-40(28-25-39)49(41-26-23-35-15-10-11-18-37(35)33-41)42-29-30-45-44(34-42)47-43(21-14-22-46(47)50-45)36-16-6-4-7-17-36/h4-11,14-30,33-34H,1-3,12-13,31-32H2. The first-order chi connectivity index (χ1) is 24.8. The Kier molecular flexibility index (Phi) is 8.19. The van der Waals surface area contributed by atoms with E-state index < -0.39 is 0 Å². The first-order valence-corrected chi connectivity index (χ1v) is 19.0. The van der Waals surface area contributed by atoms with Gasteiger partial charge in [0, 0.05) is 42.6 Å². The van der Waals surface area contributed by atoms with Gasteiger partial charge >= 0.3 is 0 Å². The van der Waals surface area contributed by atoms with Crippen LogP contribution in [0.25, 0.3) is 42.1 Å². The zero-order valence-corrected chi connectivity index (χ0v) is 29.2. The van der Waals surface area contributed by atoms with E-state index in [1.807, 2.05) is 11.3 Å². The van der Waals surface area contributed by atoms with Gasteiger partial charge in [0.2, 0.25) is 0 Å². The Morgan fingerprint density at radius 3 is 1.84 bits per heavy atom. The summed E-state index contributed by atoms with van der Waals surface area (Å²) < 4.78 is 2.64. The summed E-state index contributed by atoms with van der Waals surface area (Å²) in [6.07, 6.45) is 8.98. The molecule has 0 N–H and O–H groups in total. The van der Waals surface area contributed by atoms with Crippen molar-refractivity contribution in [3.05, 3.63) is 175 Å². The first kappa shape index (κ1) is 30.8. The molecule has 0 spiro atoms. The Bertz CT molecular complexity index is 2400. The molecule has 8 aromatic rings. The maximum Gasteiger partial charge on any atom is 0.0468 e. The molecule has 0 amide bonds. The summed E-state index contributed by atoms with van der Waals surface area (Å²) >= 11 is 1.88. The molecule has 1 nitrogen and oxygen atoms in total. The quantitative estimate of drug-likeness (QED) is 0.171. The van der Waals surface area contributed by atoms with Crippen molar-refractivity contribution in [2.75, 3.05) is 4.90 Å². The van der Waals surface area contributed by atoms with Gasteiger partial charge in [0.15, 0.2) is 0 Å². The number of benzene rings is 7. The van der Waals surface area contributed by atoms with Crippen molar-refractivity contribution in [2.24, 2.45) is 0 Å². The van der Waals surface area contributed by atoms with Gasteiger partial charge in [0.1, 0.15) is 0 Å². The number of thiophene rings is 1. The second-order valence-electron chi connectivity index (χ2n) is 14.0. The average molecular weight is 664 g/mol. The average Bonchev–Trinajstić information content (AvgIpc) is 3.55. The summed E-state index contributed by atoms with van der Waals surface area (Å²) in [6.45, 7) is 0. The number of fused-ring (bicyclic) bond motifs is 4. The molecule has 1 aliphatic rings. The fourth-order valence-corrected chi connectivity index (χ4v) is 9.63. The van der Waals surface area contributed by atoms with Gasteiger partial charge in [-0.1, -0.05) is 147 Å². The van der Waals surface area contributed by atoms with Gasteiger partial charge in [-0.3, -0.25) is 0 Å². The van der Waals surface area contributed by atoms with Gasteiger partial charge in [-0.25, -0.2) is 0 Å². The van der Waals surface area contributed by atoms with Crippen LogP contribution >= 0.6 is 11.3 Å². The molecule has 0 radical (unpaired) electrons. The smallest absolute Gasteiger partial charge is 0.0468 e. The Morgan fingerprint density at radius 1 is 0.440 bits per heavy atom. The molecule has 1 saturated carbocycles. The molecule has 0 bridgehead atoms. The van der Waals surface area contributed by atoms with E-state index in [0.717, 1.165) is 0 Å². The molecule has 9 rings (SSSR count). The molecule has 1 heterocycles. The first-order valence-electron chi connectivity index (χ1n) is 18.2. The highest BCUT2D eigenvalue weighted by molar-refractivity contribution is 7.26. The lowest BCUT2D eigenvalue weighted by molar-refractivity contribution is 0.366. The molecule has 1 aromatic heterocycles. The molecular weight excluding hydrogens is 623 g/mol. The van der Waals surface area contributed by atoms with E-state index >= 15 is 0 Å². The van der Waals surface area contributed by atoms with Crippen LogP contribution < -0.4 is 4.90 Å². The predicted octanol–water partition coefficient (Wildman–Crippen LogP) is 14.4. The summed E-state index contributed by atoms with van der Waals surface area (Å²) in [5.74, 6) is 0. The third-order valence-electron chi connectivity index (χ3n) is 11.0. The predicted molar refractivity (Wildman–Crippen MR) is 216 cm³/mol. The van der Waals surface area contributed by atoms with Gasteiger partial charge in [-0.15, -0.1) is 11.3 Å². The Hall–Kier alpha value is -5.18. The number of anilines is 3. The lowest BCUT2D eigenvalue weighted by Crippen LogP contribution is -2.29. The molecule has 1 aliphatic carbocycles. The lowest BCUT2D eigenvalue weighted by atomic mass is 9.67. The van der Waals surface area contributed by atoms with E-state index in [1.54, 1.807) is 0 Å². The van der Waals surface area contributed by atoms with Crippen molar-refractivity contribution < 1.29 is 0 Å². The fraction of sp³-hybridized carbons (Fsp3) is 0.167. The minimum atomic E-state index is 0.0519. The van der Waals surface area contributed by atoms with Gasteiger partial charge in [-0.2, -0.15) is 0 Å². The van der Waals surface area contributed by atoms with Crippen molar-refractivity contribution >= 4 is 59.3 Å². The van der Waals surface area contributed by atoms with E-state index in [1.165, 1.54) is 115 Å². The third-order valence-corrected chi connectivity index (χ3v) is 12.2. The Balaban J connectivity index is 1.21. The largest absolute Gasteiger partial charge is 0.310 e. The Morgan fingerprint density at radius 2 is 1.06 bits per heavy atom. The zero-order valence-electron chi connectivity index (χ0n) is 28.4. The van der Waals surface area contributed by atoms with E-state index in [9.17, 15) is 0 Å². The van der Waals surface area contributed by atoms with Crippen molar-refractivity contribution in [1.82, 2.24) is 0 Å². The number of hydrogen-bond donors (Lipinski definition) is 0. The lowest BCUT2D eigenvalue weighted by Gasteiger charge is -2.37. The van der Waals surface area contributed by atoms with E-state index in [-0.39, 0.29) is 5.41 Å². The summed E-state index contributed by atoms with van der Waals surface area (Å²) in [5, 5.41) is 5.15. The summed E-state index contributed by atoms with van der Waals surface area (Å²) in [5.41, 5.74) is 9.03. The van der Waals surface area contributed by atoms with E-state index in [2.05, 4.69) is 169 Å². The minimum Gasteiger partial charge on any atom is -0.310 e. The maximum absolute atomic E-state index is 2.46. The van der Waals surface area contributed by atoms with Crippen LogP contribution in [0.5, 0.6) is 0 Å². The van der Waals surface area contributed by atoms with Crippen molar-refractivity contribution in [3.63, 3.8) is 0 Å². The normalized spacial score (nSPS) is 14.8. The molecular formula is C48H41NS.